The highest BCUT2D eigenvalue weighted by Gasteiger charge is 2.29. The highest BCUT2D eigenvalue weighted by molar-refractivity contribution is 5.67. The van der Waals surface area contributed by atoms with Gasteiger partial charge in [-0.05, 0) is 46.0 Å². The molecule has 0 unspecified atom stereocenters. The van der Waals surface area contributed by atoms with Gasteiger partial charge >= 0.3 is 5.97 Å². The zero-order chi connectivity index (χ0) is 21.3. The first-order chi connectivity index (χ1) is 14.6. The van der Waals surface area contributed by atoms with Gasteiger partial charge in [0.15, 0.2) is 0 Å². The van der Waals surface area contributed by atoms with Crippen molar-refractivity contribution in [1.29, 1.82) is 0 Å². The first kappa shape index (κ1) is 21.2. The van der Waals surface area contributed by atoms with Gasteiger partial charge in [0, 0.05) is 41.6 Å². The Morgan fingerprint density at radius 1 is 1.03 bits per heavy atom. The molecular formula is C21H23N7O2. The Labute approximate surface area is 174 Å². The number of nitrogens with zero attached hydrogens (tertiary/aromatic N) is 7. The number of hydrogen-bond acceptors (Lipinski definition) is 4. The number of carbonyl (C=O) groups is 1. The van der Waals surface area contributed by atoms with E-state index in [4.69, 9.17) is 11.1 Å². The van der Waals surface area contributed by atoms with Crippen LogP contribution in [0.2, 0.25) is 0 Å². The van der Waals surface area contributed by atoms with Crippen LogP contribution in [0.1, 0.15) is 35.4 Å². The van der Waals surface area contributed by atoms with Gasteiger partial charge in [0.2, 0.25) is 0 Å². The number of likely N-dealkylation sites (tertiary alicyclic amines) is 1. The smallest absolute Gasteiger partial charge is 0.303 e. The fourth-order valence-corrected chi connectivity index (χ4v) is 4.05. The number of carboxylic acids is 1. The summed E-state index contributed by atoms with van der Waals surface area (Å²) >= 11 is 0. The SMILES string of the molecule is [N-]=[N+]=NCc1ccc(CN2C[C@@H](CC(=O)O)C[C@H](c3ccc(N=[N+]=[N-])cc3)C2)cc1. The molecule has 9 nitrogen and oxygen atoms in total. The standard InChI is InChI=1S/C21H23N7O2/c22-26-24-11-15-1-3-16(4-2-15)12-28-13-17(10-21(29)30)9-19(14-28)18-5-7-20(8-6-18)25-27-23/h1-8,17,19H,9-14H2,(H,29,30)/t17-,19+/m1/s1. The molecule has 0 bridgehead atoms. The minimum atomic E-state index is -0.776. The molecule has 1 fully saturated rings. The summed E-state index contributed by atoms with van der Waals surface area (Å²) in [5.41, 5.74) is 20.8. The molecule has 0 saturated carbocycles. The lowest BCUT2D eigenvalue weighted by Gasteiger charge is -2.37. The predicted octanol–water partition coefficient (Wildman–Crippen LogP) is 5.52. The van der Waals surface area contributed by atoms with Crippen LogP contribution < -0.4 is 0 Å². The van der Waals surface area contributed by atoms with Crippen molar-refractivity contribution in [3.8, 4) is 0 Å². The summed E-state index contributed by atoms with van der Waals surface area (Å²) in [5, 5.41) is 16.5. The van der Waals surface area contributed by atoms with E-state index in [1.165, 1.54) is 0 Å². The van der Waals surface area contributed by atoms with Crippen LogP contribution in [0, 0.1) is 5.92 Å². The summed E-state index contributed by atoms with van der Waals surface area (Å²) in [4.78, 5) is 19.2. The number of hydrogen-bond donors (Lipinski definition) is 1. The van der Waals surface area contributed by atoms with Crippen LogP contribution >= 0.6 is 0 Å². The van der Waals surface area contributed by atoms with E-state index in [0.29, 0.717) is 12.2 Å². The lowest BCUT2D eigenvalue weighted by Crippen LogP contribution is -2.39. The second-order valence-electron chi connectivity index (χ2n) is 7.58. The summed E-state index contributed by atoms with van der Waals surface area (Å²) in [6, 6.07) is 15.5. The van der Waals surface area contributed by atoms with Crippen molar-refractivity contribution < 1.29 is 9.90 Å². The van der Waals surface area contributed by atoms with Crippen LogP contribution in [0.5, 0.6) is 0 Å². The molecule has 2 aromatic carbocycles. The highest BCUT2D eigenvalue weighted by Crippen LogP contribution is 2.33. The van der Waals surface area contributed by atoms with Crippen molar-refractivity contribution in [2.45, 2.75) is 31.8 Å². The van der Waals surface area contributed by atoms with Gasteiger partial charge in [0.05, 0.1) is 6.54 Å². The molecule has 3 rings (SSSR count). The normalized spacial score (nSPS) is 18.8. The number of piperidine rings is 1. The van der Waals surface area contributed by atoms with Crippen LogP contribution in [-0.4, -0.2) is 29.1 Å². The van der Waals surface area contributed by atoms with E-state index in [2.05, 4.69) is 25.0 Å². The molecule has 9 heteroatoms. The van der Waals surface area contributed by atoms with Gasteiger partial charge in [0.1, 0.15) is 0 Å². The van der Waals surface area contributed by atoms with Crippen LogP contribution in [-0.2, 0) is 17.9 Å². The Bertz CT molecular complexity index is 962. The van der Waals surface area contributed by atoms with Crippen LogP contribution in [0.15, 0.2) is 58.8 Å². The molecule has 2 atom stereocenters. The monoisotopic (exact) mass is 405 g/mol. The molecule has 1 N–H and O–H groups in total. The van der Waals surface area contributed by atoms with Crippen molar-refractivity contribution in [1.82, 2.24) is 4.90 Å². The summed E-state index contributed by atoms with van der Waals surface area (Å²) in [5.74, 6) is -0.489. The second-order valence-corrected chi connectivity index (χ2v) is 7.58. The van der Waals surface area contributed by atoms with Gasteiger partial charge in [0.25, 0.3) is 0 Å². The molecule has 0 aromatic heterocycles. The lowest BCUT2D eigenvalue weighted by atomic mass is 9.83. The van der Waals surface area contributed by atoms with Crippen molar-refractivity contribution in [3.63, 3.8) is 0 Å². The third kappa shape index (κ3) is 5.99. The molecule has 0 aliphatic carbocycles. The molecule has 1 aliphatic rings. The van der Waals surface area contributed by atoms with E-state index < -0.39 is 5.97 Å². The highest BCUT2D eigenvalue weighted by atomic mass is 16.4. The average Bonchev–Trinajstić information content (AvgIpc) is 2.73. The van der Waals surface area contributed by atoms with Crippen LogP contribution in [0.3, 0.4) is 0 Å². The van der Waals surface area contributed by atoms with Gasteiger partial charge in [-0.1, -0.05) is 58.8 Å². The van der Waals surface area contributed by atoms with Crippen molar-refractivity contribution in [3.05, 3.63) is 86.1 Å². The van der Waals surface area contributed by atoms with Crippen molar-refractivity contribution in [2.75, 3.05) is 13.1 Å². The summed E-state index contributed by atoms with van der Waals surface area (Å²) in [6.07, 6.45) is 0.962. The first-order valence-corrected chi connectivity index (χ1v) is 9.75. The molecule has 1 heterocycles. The minimum absolute atomic E-state index is 0.0716. The second kappa shape index (κ2) is 10.3. The Kier molecular flexibility index (Phi) is 7.29. The Morgan fingerprint density at radius 2 is 1.73 bits per heavy atom. The van der Waals surface area contributed by atoms with Crippen molar-refractivity contribution >= 4 is 11.7 Å². The molecular weight excluding hydrogens is 382 g/mol. The van der Waals surface area contributed by atoms with Gasteiger partial charge in [-0.25, -0.2) is 0 Å². The fourth-order valence-electron chi connectivity index (χ4n) is 4.05. The van der Waals surface area contributed by atoms with E-state index in [-0.39, 0.29) is 18.3 Å². The van der Waals surface area contributed by atoms with E-state index in [0.717, 1.165) is 42.7 Å². The molecule has 1 aliphatic heterocycles. The zero-order valence-corrected chi connectivity index (χ0v) is 16.5. The van der Waals surface area contributed by atoms with Crippen molar-refractivity contribution in [2.24, 2.45) is 16.1 Å². The number of rotatable bonds is 8. The summed E-state index contributed by atoms with van der Waals surface area (Å²) < 4.78 is 0. The quantitative estimate of drug-likeness (QED) is 0.351. The van der Waals surface area contributed by atoms with E-state index in [9.17, 15) is 9.90 Å². The predicted molar refractivity (Wildman–Crippen MR) is 113 cm³/mol. The largest absolute Gasteiger partial charge is 0.481 e. The third-order valence-corrected chi connectivity index (χ3v) is 5.35. The number of benzene rings is 2. The summed E-state index contributed by atoms with van der Waals surface area (Å²) in [7, 11) is 0. The number of aliphatic carboxylic acids is 1. The lowest BCUT2D eigenvalue weighted by molar-refractivity contribution is -0.138. The van der Waals surface area contributed by atoms with Crippen LogP contribution in [0.4, 0.5) is 5.69 Å². The zero-order valence-electron chi connectivity index (χ0n) is 16.5. The van der Waals surface area contributed by atoms with Gasteiger partial charge in [-0.15, -0.1) is 0 Å². The molecule has 154 valence electrons. The van der Waals surface area contributed by atoms with E-state index in [1.54, 1.807) is 12.1 Å². The molecule has 1 saturated heterocycles. The van der Waals surface area contributed by atoms with E-state index in [1.807, 2.05) is 36.4 Å². The Hall–Kier alpha value is -3.51. The fraction of sp³-hybridized carbons (Fsp3) is 0.381. The average molecular weight is 405 g/mol. The van der Waals surface area contributed by atoms with Crippen LogP contribution in [0.25, 0.3) is 20.9 Å². The number of azide groups is 2. The third-order valence-electron chi connectivity index (χ3n) is 5.35. The Balaban J connectivity index is 1.73. The van der Waals surface area contributed by atoms with E-state index >= 15 is 0 Å². The maximum absolute atomic E-state index is 11.3. The number of carboxylic acid groups (broad SMARTS) is 1. The topological polar surface area (TPSA) is 138 Å². The molecule has 0 spiro atoms. The summed E-state index contributed by atoms with van der Waals surface area (Å²) in [6.45, 7) is 2.62. The maximum Gasteiger partial charge on any atom is 0.303 e. The first-order valence-electron chi connectivity index (χ1n) is 9.75. The minimum Gasteiger partial charge on any atom is -0.481 e. The molecule has 0 radical (unpaired) electrons. The maximum atomic E-state index is 11.3. The Morgan fingerprint density at radius 3 is 2.37 bits per heavy atom. The van der Waals surface area contributed by atoms with Gasteiger partial charge in [-0.3, -0.25) is 9.69 Å². The molecule has 30 heavy (non-hydrogen) atoms. The molecule has 0 amide bonds. The van der Waals surface area contributed by atoms with Gasteiger partial charge < -0.3 is 5.11 Å². The molecule has 2 aromatic rings. The van der Waals surface area contributed by atoms with Gasteiger partial charge in [-0.2, -0.15) is 0 Å².